The molecule has 0 unspecified atom stereocenters. The van der Waals surface area contributed by atoms with Gasteiger partial charge in [-0.15, -0.1) is 0 Å². The molecule has 6 nitrogen and oxygen atoms in total. The summed E-state index contributed by atoms with van der Waals surface area (Å²) in [5, 5.41) is 0. The van der Waals surface area contributed by atoms with Gasteiger partial charge in [-0.3, -0.25) is 4.79 Å². The number of nitrogens with zero attached hydrogens (tertiary/aromatic N) is 1. The van der Waals surface area contributed by atoms with E-state index in [9.17, 15) is 13.2 Å². The summed E-state index contributed by atoms with van der Waals surface area (Å²) in [6.45, 7) is 5.81. The number of hydrogen-bond acceptors (Lipinski definition) is 5. The van der Waals surface area contributed by atoms with E-state index in [0.717, 1.165) is 12.0 Å². The number of furan rings is 1. The monoisotopic (exact) mass is 365 g/mol. The SMILES string of the molecule is CC[C@@H](C)N(Cc1cccc(OS(=O)(=O)CC)c1)C(=O)c1ccco1. The van der Waals surface area contributed by atoms with E-state index in [1.807, 2.05) is 19.9 Å². The van der Waals surface area contributed by atoms with Gasteiger partial charge in [0.15, 0.2) is 5.76 Å². The molecule has 2 rings (SSSR count). The van der Waals surface area contributed by atoms with E-state index < -0.39 is 10.1 Å². The summed E-state index contributed by atoms with van der Waals surface area (Å²) < 4.78 is 33.5. The molecular weight excluding hydrogens is 342 g/mol. The summed E-state index contributed by atoms with van der Waals surface area (Å²) in [5.41, 5.74) is 0.781. The van der Waals surface area contributed by atoms with Gasteiger partial charge >= 0.3 is 10.1 Å². The summed E-state index contributed by atoms with van der Waals surface area (Å²) in [6, 6.07) is 10.1. The second-order valence-electron chi connectivity index (χ2n) is 5.74. The lowest BCUT2D eigenvalue weighted by Crippen LogP contribution is -2.37. The van der Waals surface area contributed by atoms with Gasteiger partial charge in [0.1, 0.15) is 5.75 Å². The molecule has 1 aromatic heterocycles. The fraction of sp³-hybridized carbons (Fsp3) is 0.389. The molecule has 0 aliphatic rings. The maximum absolute atomic E-state index is 12.7. The van der Waals surface area contributed by atoms with Crippen LogP contribution in [0.4, 0.5) is 0 Å². The fourth-order valence-corrected chi connectivity index (χ4v) is 2.80. The van der Waals surface area contributed by atoms with Crippen LogP contribution in [0, 0.1) is 0 Å². The van der Waals surface area contributed by atoms with E-state index in [-0.39, 0.29) is 29.2 Å². The van der Waals surface area contributed by atoms with E-state index in [1.165, 1.54) is 13.2 Å². The molecule has 0 saturated carbocycles. The molecular formula is C18H23NO5S. The normalized spacial score (nSPS) is 12.6. The van der Waals surface area contributed by atoms with Gasteiger partial charge in [-0.1, -0.05) is 19.1 Å². The predicted octanol–water partition coefficient (Wildman–Crippen LogP) is 3.45. The Balaban J connectivity index is 2.23. The minimum absolute atomic E-state index is 0.00143. The first kappa shape index (κ1) is 19.1. The Morgan fingerprint density at radius 2 is 2.00 bits per heavy atom. The highest BCUT2D eigenvalue weighted by Gasteiger charge is 2.23. The minimum Gasteiger partial charge on any atom is -0.459 e. The van der Waals surface area contributed by atoms with Crippen molar-refractivity contribution >= 4 is 16.0 Å². The van der Waals surface area contributed by atoms with Crippen molar-refractivity contribution < 1.29 is 21.8 Å². The Kier molecular flexibility index (Phi) is 6.25. The molecule has 25 heavy (non-hydrogen) atoms. The van der Waals surface area contributed by atoms with Crippen molar-refractivity contribution in [2.45, 2.75) is 39.8 Å². The number of carbonyl (C=O) groups excluding carboxylic acids is 1. The van der Waals surface area contributed by atoms with Crippen LogP contribution in [-0.4, -0.2) is 31.0 Å². The molecule has 7 heteroatoms. The Bertz CT molecular complexity index is 799. The lowest BCUT2D eigenvalue weighted by Gasteiger charge is -2.28. The Morgan fingerprint density at radius 1 is 1.24 bits per heavy atom. The van der Waals surface area contributed by atoms with Crippen LogP contribution in [0.1, 0.15) is 43.3 Å². The Morgan fingerprint density at radius 3 is 2.60 bits per heavy atom. The van der Waals surface area contributed by atoms with Gasteiger partial charge in [0.2, 0.25) is 0 Å². The Hall–Kier alpha value is -2.28. The third kappa shape index (κ3) is 5.09. The smallest absolute Gasteiger partial charge is 0.308 e. The van der Waals surface area contributed by atoms with Crippen LogP contribution >= 0.6 is 0 Å². The molecule has 136 valence electrons. The zero-order chi connectivity index (χ0) is 18.4. The van der Waals surface area contributed by atoms with Crippen molar-refractivity contribution in [2.75, 3.05) is 5.75 Å². The summed E-state index contributed by atoms with van der Waals surface area (Å²) in [7, 11) is -3.59. The van der Waals surface area contributed by atoms with Gasteiger partial charge in [0.25, 0.3) is 5.91 Å². The predicted molar refractivity (Wildman–Crippen MR) is 94.9 cm³/mol. The molecule has 1 atom stereocenters. The summed E-state index contributed by atoms with van der Waals surface area (Å²) in [4.78, 5) is 14.4. The average Bonchev–Trinajstić information content (AvgIpc) is 3.13. The first-order valence-electron chi connectivity index (χ1n) is 8.21. The topological polar surface area (TPSA) is 76.8 Å². The molecule has 1 aromatic carbocycles. The van der Waals surface area contributed by atoms with Crippen LogP contribution in [0.3, 0.4) is 0 Å². The third-order valence-corrected chi connectivity index (χ3v) is 5.10. The average molecular weight is 365 g/mol. The number of amides is 1. The maximum Gasteiger partial charge on any atom is 0.308 e. The highest BCUT2D eigenvalue weighted by Crippen LogP contribution is 2.20. The first-order chi connectivity index (χ1) is 11.9. The minimum atomic E-state index is -3.59. The molecule has 1 heterocycles. The summed E-state index contributed by atoms with van der Waals surface area (Å²) in [6.07, 6.45) is 2.25. The number of carbonyl (C=O) groups is 1. The van der Waals surface area contributed by atoms with Crippen LogP contribution in [0.25, 0.3) is 0 Å². The molecule has 0 aliphatic carbocycles. The van der Waals surface area contributed by atoms with E-state index in [4.69, 9.17) is 8.60 Å². The van der Waals surface area contributed by atoms with E-state index in [1.54, 1.807) is 35.2 Å². The largest absolute Gasteiger partial charge is 0.459 e. The van der Waals surface area contributed by atoms with Crippen molar-refractivity contribution in [1.82, 2.24) is 4.90 Å². The third-order valence-electron chi connectivity index (χ3n) is 3.94. The number of hydrogen-bond donors (Lipinski definition) is 0. The van der Waals surface area contributed by atoms with Crippen molar-refractivity contribution in [1.29, 1.82) is 0 Å². The Labute approximate surface area is 148 Å². The molecule has 0 N–H and O–H groups in total. The maximum atomic E-state index is 12.7. The number of rotatable bonds is 8. The molecule has 0 spiro atoms. The zero-order valence-electron chi connectivity index (χ0n) is 14.6. The van der Waals surface area contributed by atoms with Crippen LogP contribution < -0.4 is 4.18 Å². The lowest BCUT2D eigenvalue weighted by atomic mass is 10.1. The van der Waals surface area contributed by atoms with Gasteiger partial charge in [0.05, 0.1) is 12.0 Å². The van der Waals surface area contributed by atoms with Gasteiger partial charge in [0, 0.05) is 12.6 Å². The zero-order valence-corrected chi connectivity index (χ0v) is 15.5. The van der Waals surface area contributed by atoms with E-state index >= 15 is 0 Å². The second-order valence-corrected chi connectivity index (χ2v) is 7.60. The highest BCUT2D eigenvalue weighted by molar-refractivity contribution is 7.87. The highest BCUT2D eigenvalue weighted by atomic mass is 32.2. The van der Waals surface area contributed by atoms with Crippen molar-refractivity contribution in [3.63, 3.8) is 0 Å². The van der Waals surface area contributed by atoms with Crippen LogP contribution in [0.5, 0.6) is 5.75 Å². The van der Waals surface area contributed by atoms with Crippen LogP contribution in [0.15, 0.2) is 47.1 Å². The van der Waals surface area contributed by atoms with Gasteiger partial charge in [-0.05, 0) is 50.1 Å². The van der Waals surface area contributed by atoms with Crippen molar-refractivity contribution in [3.8, 4) is 5.75 Å². The summed E-state index contributed by atoms with van der Waals surface area (Å²) >= 11 is 0. The standard InChI is InChI=1S/C18H23NO5S/c1-4-14(3)19(18(20)17-10-7-11-23-17)13-15-8-6-9-16(12-15)24-25(21,22)5-2/h6-12,14H,4-5,13H2,1-3H3/t14-/m1/s1. The van der Waals surface area contributed by atoms with Gasteiger partial charge < -0.3 is 13.5 Å². The number of benzene rings is 1. The van der Waals surface area contributed by atoms with Crippen LogP contribution in [-0.2, 0) is 16.7 Å². The first-order valence-corrected chi connectivity index (χ1v) is 9.79. The van der Waals surface area contributed by atoms with Crippen LogP contribution in [0.2, 0.25) is 0 Å². The second kappa shape index (κ2) is 8.20. The molecule has 2 aromatic rings. The van der Waals surface area contributed by atoms with E-state index in [0.29, 0.717) is 6.54 Å². The van der Waals surface area contributed by atoms with Crippen molar-refractivity contribution in [2.24, 2.45) is 0 Å². The fourth-order valence-electron chi connectivity index (χ4n) is 2.29. The molecule has 0 bridgehead atoms. The van der Waals surface area contributed by atoms with Gasteiger partial charge in [-0.25, -0.2) is 0 Å². The van der Waals surface area contributed by atoms with E-state index in [2.05, 4.69) is 0 Å². The van der Waals surface area contributed by atoms with Gasteiger partial charge in [-0.2, -0.15) is 8.42 Å². The summed E-state index contributed by atoms with van der Waals surface area (Å²) in [5.74, 6) is 0.217. The quantitative estimate of drug-likeness (QED) is 0.670. The lowest BCUT2D eigenvalue weighted by molar-refractivity contribution is 0.0638. The molecule has 0 fully saturated rings. The van der Waals surface area contributed by atoms with Crippen molar-refractivity contribution in [3.05, 3.63) is 54.0 Å². The molecule has 1 amide bonds. The molecule has 0 saturated heterocycles. The molecule has 0 aliphatic heterocycles. The molecule has 0 radical (unpaired) electrons.